The number of anilines is 1. The number of urea groups is 1. The van der Waals surface area contributed by atoms with Crippen LogP contribution in [0.2, 0.25) is 0 Å². The lowest BCUT2D eigenvalue weighted by Crippen LogP contribution is -2.44. The Bertz CT molecular complexity index is 1080. The summed E-state index contributed by atoms with van der Waals surface area (Å²) in [7, 11) is -3.82. The predicted molar refractivity (Wildman–Crippen MR) is 104 cm³/mol. The van der Waals surface area contributed by atoms with Crippen molar-refractivity contribution >= 4 is 27.5 Å². The number of sulfone groups is 1. The minimum Gasteiger partial charge on any atom is -0.305 e. The maximum Gasteiger partial charge on any atom is 0.337 e. The van der Waals surface area contributed by atoms with E-state index in [1.54, 1.807) is 60.7 Å². The van der Waals surface area contributed by atoms with Crippen molar-refractivity contribution in [2.75, 3.05) is 5.32 Å². The first-order valence-electron chi connectivity index (χ1n) is 8.30. The molecule has 0 atom stereocenters. The highest BCUT2D eigenvalue weighted by Gasteiger charge is 2.21. The van der Waals surface area contributed by atoms with Crippen LogP contribution in [0.25, 0.3) is 0 Å². The van der Waals surface area contributed by atoms with Gasteiger partial charge < -0.3 is 5.32 Å². The number of para-hydroxylation sites is 1. The highest BCUT2D eigenvalue weighted by molar-refractivity contribution is 7.91. The van der Waals surface area contributed by atoms with Gasteiger partial charge in [0.2, 0.25) is 9.84 Å². The fourth-order valence-corrected chi connectivity index (χ4v) is 3.90. The lowest BCUT2D eigenvalue weighted by atomic mass is 10.2. The molecule has 0 saturated heterocycles. The van der Waals surface area contributed by atoms with Gasteiger partial charge in [-0.05, 0) is 36.4 Å². The monoisotopic (exact) mass is 395 g/mol. The minimum atomic E-state index is -3.82. The molecule has 0 aromatic heterocycles. The van der Waals surface area contributed by atoms with Gasteiger partial charge in [0.1, 0.15) is 0 Å². The topological polar surface area (TPSA) is 104 Å². The second kappa shape index (κ2) is 8.36. The summed E-state index contributed by atoms with van der Waals surface area (Å²) in [5, 5.41) is 2.45. The number of rotatable bonds is 4. The molecule has 0 unspecified atom stereocenters. The molecule has 3 rings (SSSR count). The Hall–Kier alpha value is -3.65. The lowest BCUT2D eigenvalue weighted by Gasteiger charge is -2.13. The van der Waals surface area contributed by atoms with Crippen molar-refractivity contribution in [1.82, 2.24) is 10.9 Å². The van der Waals surface area contributed by atoms with Crippen LogP contribution in [0.4, 0.5) is 10.5 Å². The third-order valence-corrected chi connectivity index (χ3v) is 5.63. The molecule has 0 aliphatic carbocycles. The molecule has 0 saturated carbocycles. The van der Waals surface area contributed by atoms with Crippen LogP contribution in [0.1, 0.15) is 10.4 Å². The van der Waals surface area contributed by atoms with Crippen molar-refractivity contribution in [3.8, 4) is 0 Å². The molecule has 0 aliphatic heterocycles. The quantitative estimate of drug-likeness (QED) is 0.591. The van der Waals surface area contributed by atoms with Crippen molar-refractivity contribution in [2.24, 2.45) is 0 Å². The van der Waals surface area contributed by atoms with E-state index in [1.807, 2.05) is 0 Å². The van der Waals surface area contributed by atoms with E-state index in [0.717, 1.165) is 0 Å². The molecule has 3 aromatic carbocycles. The molecule has 8 heteroatoms. The lowest BCUT2D eigenvalue weighted by molar-refractivity contribution is 0.0938. The first-order chi connectivity index (χ1) is 13.5. The average molecular weight is 395 g/mol. The zero-order valence-electron chi connectivity index (χ0n) is 14.6. The van der Waals surface area contributed by atoms with Gasteiger partial charge >= 0.3 is 6.03 Å². The SMILES string of the molecule is O=C(NNC(=O)c1ccccc1)Nc1ccccc1S(=O)(=O)c1ccccc1. The van der Waals surface area contributed by atoms with Crippen molar-refractivity contribution in [2.45, 2.75) is 9.79 Å². The normalized spacial score (nSPS) is 10.7. The Labute approximate surface area is 162 Å². The zero-order chi connectivity index (χ0) is 20.0. The number of hydrazine groups is 1. The van der Waals surface area contributed by atoms with Crippen LogP contribution in [0.5, 0.6) is 0 Å². The fourth-order valence-electron chi connectivity index (χ4n) is 2.46. The summed E-state index contributed by atoms with van der Waals surface area (Å²) in [6, 6.07) is 21.5. The predicted octanol–water partition coefficient (Wildman–Crippen LogP) is 2.99. The number of carbonyl (C=O) groups is 2. The number of amides is 3. The highest BCUT2D eigenvalue weighted by atomic mass is 32.2. The maximum absolute atomic E-state index is 12.8. The van der Waals surface area contributed by atoms with Gasteiger partial charge in [-0.15, -0.1) is 0 Å². The third kappa shape index (κ3) is 4.36. The molecule has 142 valence electrons. The van der Waals surface area contributed by atoms with Crippen LogP contribution in [0.15, 0.2) is 94.7 Å². The molecule has 0 fully saturated rings. The first-order valence-corrected chi connectivity index (χ1v) is 9.78. The molecule has 0 radical (unpaired) electrons. The van der Waals surface area contributed by atoms with Crippen molar-refractivity contribution < 1.29 is 18.0 Å². The van der Waals surface area contributed by atoms with Crippen LogP contribution in [0, 0.1) is 0 Å². The molecule has 3 N–H and O–H groups in total. The van der Waals surface area contributed by atoms with Crippen LogP contribution in [-0.4, -0.2) is 20.4 Å². The van der Waals surface area contributed by atoms with Crippen LogP contribution in [-0.2, 0) is 9.84 Å². The van der Waals surface area contributed by atoms with Gasteiger partial charge in [-0.25, -0.2) is 18.6 Å². The van der Waals surface area contributed by atoms with E-state index >= 15 is 0 Å². The molecule has 28 heavy (non-hydrogen) atoms. The summed E-state index contributed by atoms with van der Waals surface area (Å²) in [6.45, 7) is 0. The summed E-state index contributed by atoms with van der Waals surface area (Å²) >= 11 is 0. The molecular weight excluding hydrogens is 378 g/mol. The van der Waals surface area contributed by atoms with Gasteiger partial charge in [0.05, 0.1) is 15.5 Å². The van der Waals surface area contributed by atoms with Gasteiger partial charge in [0.25, 0.3) is 5.91 Å². The Morgan fingerprint density at radius 3 is 1.93 bits per heavy atom. The summed E-state index contributed by atoms with van der Waals surface area (Å²) < 4.78 is 25.7. The molecule has 0 spiro atoms. The van der Waals surface area contributed by atoms with Crippen LogP contribution in [0.3, 0.4) is 0 Å². The Balaban J connectivity index is 1.73. The molecule has 7 nitrogen and oxygen atoms in total. The van der Waals surface area contributed by atoms with Crippen LogP contribution >= 0.6 is 0 Å². The second-order valence-corrected chi connectivity index (χ2v) is 7.63. The highest BCUT2D eigenvalue weighted by Crippen LogP contribution is 2.27. The summed E-state index contributed by atoms with van der Waals surface area (Å²) in [4.78, 5) is 24.2. The Kier molecular flexibility index (Phi) is 5.71. The first kappa shape index (κ1) is 19.1. The van der Waals surface area contributed by atoms with Crippen molar-refractivity contribution in [3.63, 3.8) is 0 Å². The number of benzene rings is 3. The minimum absolute atomic E-state index is 0.0502. The van der Waals surface area contributed by atoms with Crippen molar-refractivity contribution in [3.05, 3.63) is 90.5 Å². The number of hydrogen-bond donors (Lipinski definition) is 3. The summed E-state index contributed by atoms with van der Waals surface area (Å²) in [5.41, 5.74) is 4.93. The van der Waals surface area contributed by atoms with E-state index in [0.29, 0.717) is 5.56 Å². The van der Waals surface area contributed by atoms with Crippen molar-refractivity contribution in [1.29, 1.82) is 0 Å². The van der Waals surface area contributed by atoms with E-state index in [9.17, 15) is 18.0 Å². The van der Waals surface area contributed by atoms with Gasteiger partial charge in [0.15, 0.2) is 0 Å². The Morgan fingerprint density at radius 2 is 1.25 bits per heavy atom. The van der Waals surface area contributed by atoms with E-state index in [-0.39, 0.29) is 15.5 Å². The second-order valence-electron chi connectivity index (χ2n) is 5.71. The molecule has 0 heterocycles. The van der Waals surface area contributed by atoms with E-state index < -0.39 is 21.8 Å². The number of hydrogen-bond acceptors (Lipinski definition) is 4. The molecule has 3 aromatic rings. The smallest absolute Gasteiger partial charge is 0.305 e. The third-order valence-electron chi connectivity index (χ3n) is 3.80. The number of carbonyl (C=O) groups excluding carboxylic acids is 2. The molecule has 0 bridgehead atoms. The van der Waals surface area contributed by atoms with E-state index in [2.05, 4.69) is 16.2 Å². The van der Waals surface area contributed by atoms with E-state index in [1.165, 1.54) is 24.3 Å². The van der Waals surface area contributed by atoms with Crippen LogP contribution < -0.4 is 16.2 Å². The van der Waals surface area contributed by atoms with Gasteiger partial charge in [-0.3, -0.25) is 10.2 Å². The van der Waals surface area contributed by atoms with Gasteiger partial charge in [-0.1, -0.05) is 48.5 Å². The van der Waals surface area contributed by atoms with E-state index in [4.69, 9.17) is 0 Å². The molecule has 0 aliphatic rings. The number of nitrogens with one attached hydrogen (secondary N) is 3. The van der Waals surface area contributed by atoms with Gasteiger partial charge in [-0.2, -0.15) is 0 Å². The summed E-state index contributed by atoms with van der Waals surface area (Å²) in [6.07, 6.45) is 0. The Morgan fingerprint density at radius 1 is 0.679 bits per heavy atom. The zero-order valence-corrected chi connectivity index (χ0v) is 15.4. The largest absolute Gasteiger partial charge is 0.337 e. The fraction of sp³-hybridized carbons (Fsp3) is 0. The maximum atomic E-state index is 12.8. The van der Waals surface area contributed by atoms with Gasteiger partial charge in [0, 0.05) is 5.56 Å². The standard InChI is InChI=1S/C20H17N3O4S/c24-19(15-9-3-1-4-10-15)22-23-20(25)21-17-13-7-8-14-18(17)28(26,27)16-11-5-2-6-12-16/h1-14H,(H,22,24)(H2,21,23,25). The average Bonchev–Trinajstić information content (AvgIpc) is 2.73. The molecule has 3 amide bonds. The molecular formula is C20H17N3O4S. The summed E-state index contributed by atoms with van der Waals surface area (Å²) in [5.74, 6) is -0.499.